The molecule has 4 aliphatic carbocycles. The smallest absolute Gasteiger partial charge is 0.251 e. The Morgan fingerprint density at radius 2 is 0.634 bits per heavy atom. The summed E-state index contributed by atoms with van der Waals surface area (Å²) in [5.74, 6) is 6.34. The van der Waals surface area contributed by atoms with E-state index >= 15 is 0 Å². The second kappa shape index (κ2) is 46.7. The van der Waals surface area contributed by atoms with Crippen molar-refractivity contribution in [2.24, 2.45) is 5.73 Å². The van der Waals surface area contributed by atoms with Gasteiger partial charge in [-0.05, 0) is 157 Å². The third-order valence-corrected chi connectivity index (χ3v) is 25.5. The summed E-state index contributed by atoms with van der Waals surface area (Å²) in [6, 6.07) is 18.1. The highest BCUT2D eigenvalue weighted by Gasteiger charge is 2.31. The van der Waals surface area contributed by atoms with Crippen molar-refractivity contribution < 1.29 is 52.2 Å². The summed E-state index contributed by atoms with van der Waals surface area (Å²) in [6.45, 7) is 23.0. The van der Waals surface area contributed by atoms with Crippen LogP contribution < -0.4 is 70.3 Å². The van der Waals surface area contributed by atoms with E-state index < -0.39 is 5.91 Å². The minimum absolute atomic E-state index is 0.103. The van der Waals surface area contributed by atoms with Crippen LogP contribution in [0.5, 0.6) is 28.7 Å². The number of nitrogens with zero attached hydrogens (tertiary/aromatic N) is 20. The predicted octanol–water partition coefficient (Wildman–Crippen LogP) is 13.4. The molecule has 706 valence electrons. The molecule has 0 spiro atoms. The van der Waals surface area contributed by atoms with E-state index in [0.717, 1.165) is 315 Å². The van der Waals surface area contributed by atoms with Crippen LogP contribution in [0.3, 0.4) is 0 Å². The summed E-state index contributed by atoms with van der Waals surface area (Å²) in [4.78, 5) is 91.8. The molecule has 4 saturated heterocycles. The van der Waals surface area contributed by atoms with Crippen LogP contribution in [-0.2, 0) is 30.1 Å². The highest BCUT2D eigenvalue weighted by molar-refractivity contribution is 5.92. The molecule has 4 aliphatic heterocycles. The first-order chi connectivity index (χ1) is 65.9. The Morgan fingerprint density at radius 1 is 0.358 bits per heavy atom. The Labute approximate surface area is 780 Å². The van der Waals surface area contributed by atoms with Crippen LogP contribution >= 0.6 is 0 Å². The van der Waals surface area contributed by atoms with Gasteiger partial charge in [0.15, 0.2) is 5.75 Å². The number of rotatable bonds is 28. The van der Waals surface area contributed by atoms with Gasteiger partial charge in [-0.3, -0.25) is 24.7 Å². The molecule has 6 N–H and O–H groups in total. The van der Waals surface area contributed by atoms with Crippen molar-refractivity contribution in [3.8, 4) is 28.7 Å². The van der Waals surface area contributed by atoms with E-state index in [1.54, 1.807) is 62.0 Å². The topological polar surface area (TPSA) is 403 Å². The molecule has 8 fully saturated rings. The number of aromatic nitrogens is 16. The fourth-order valence-electron chi connectivity index (χ4n) is 17.9. The number of morpholine rings is 4. The van der Waals surface area contributed by atoms with Crippen molar-refractivity contribution >= 4 is 96.6 Å². The van der Waals surface area contributed by atoms with Gasteiger partial charge in [0.1, 0.15) is 51.7 Å². The third kappa shape index (κ3) is 25.6. The molecule has 1 amide bonds. The van der Waals surface area contributed by atoms with E-state index in [2.05, 4.69) is 190 Å². The summed E-state index contributed by atoms with van der Waals surface area (Å²) in [5.41, 5.74) is 19.0. The first kappa shape index (κ1) is 93.1. The van der Waals surface area contributed by atoms with Crippen molar-refractivity contribution in [1.82, 2.24) is 79.7 Å². The molecule has 36 heteroatoms. The quantitative estimate of drug-likeness (QED) is 0.0284. The number of carbonyl (C=O) groups is 1. The molecule has 12 aromatic rings. The fraction of sp³-hybridized carbons (Fsp3) is 0.500. The molecule has 36 nitrogen and oxygen atoms in total. The average molecular weight is 1830 g/mol. The molecule has 0 bridgehead atoms. The lowest BCUT2D eigenvalue weighted by molar-refractivity contribution is 0.0999. The maximum Gasteiger partial charge on any atom is 0.251 e. The first-order valence-electron chi connectivity index (χ1n) is 47.7. The van der Waals surface area contributed by atoms with Gasteiger partial charge in [-0.2, -0.15) is 0 Å². The van der Waals surface area contributed by atoms with Gasteiger partial charge in [0.25, 0.3) is 5.91 Å². The molecule has 134 heavy (non-hydrogen) atoms. The standard InChI is InChI=1S/C26H34N6O4.C25H32N6O2.C24H30N6O2.C23H27N7O3/c1-2-33-13-14-35-22-17-29-26(30-18-22)31-19-3-5-21(6-4-19)36-24-16-20(32-9-11-34-12-10-32)15-23-25(24)28-8-7-27-23;1-17(2)18-15-28-25(29-16-18)30-19-3-5-21(6-4-19)33-23-14-20(31-9-11-32-12-10-31)13-22-24(23)27-8-7-26-22;1-2-17-15-27-24(28-16-17)29-18-3-5-20(6-4-18)32-22-14-19(30-9-11-31-12-10-30)13-21-23(22)26-8-7-25-21;24-22(31)15-13-27-23(28-14-15)29-16-1-3-18(4-2-16)33-20-12-17(30-7-9-32-10-8-30)11-19-21(20)26-6-5-25-19/h7-8,15-19,21H,2-6,9-14H2,1H3,(H,29,30,31);7-8,13-17,19,21H,3-6,9-12H2,1-2H3,(H,28,29,30);7-8,13-16,18,20H,2-6,9-12H2,1H3,(H,27,28,29);5-6,11-14,16,18H,1-4,7-10H2,(H2,24,31)(H,27,28,29). The minimum atomic E-state index is -0.533. The number of ether oxygens (including phenoxy) is 10. The van der Waals surface area contributed by atoms with Crippen LogP contribution in [0, 0.1) is 0 Å². The van der Waals surface area contributed by atoms with Crippen LogP contribution in [0.1, 0.15) is 158 Å². The number of primary amides is 1. The van der Waals surface area contributed by atoms with Gasteiger partial charge < -0.3 is 94.0 Å². The van der Waals surface area contributed by atoms with Crippen molar-refractivity contribution in [2.75, 3.05) is 166 Å². The number of hydrogen-bond donors (Lipinski definition) is 5. The molecule has 0 unspecified atom stereocenters. The van der Waals surface area contributed by atoms with Crippen LogP contribution in [0.2, 0.25) is 0 Å². The lowest BCUT2D eigenvalue weighted by Crippen LogP contribution is -2.36. The van der Waals surface area contributed by atoms with Crippen molar-refractivity contribution in [3.05, 3.63) is 164 Å². The molecule has 8 aliphatic rings. The van der Waals surface area contributed by atoms with Gasteiger partial charge in [0, 0.05) is 217 Å². The van der Waals surface area contributed by atoms with Gasteiger partial charge >= 0.3 is 0 Å². The second-order valence-corrected chi connectivity index (χ2v) is 35.0. The van der Waals surface area contributed by atoms with Crippen LogP contribution in [-0.4, -0.2) is 259 Å². The maximum atomic E-state index is 11.2. The van der Waals surface area contributed by atoms with Crippen molar-refractivity contribution in [2.45, 2.75) is 191 Å². The Bertz CT molecular complexity index is 5700. The molecule has 0 atom stereocenters. The van der Waals surface area contributed by atoms with Gasteiger partial charge in [-0.1, -0.05) is 20.8 Å². The van der Waals surface area contributed by atoms with E-state index in [1.807, 2.05) is 31.7 Å². The highest BCUT2D eigenvalue weighted by Crippen LogP contribution is 2.40. The molecule has 12 heterocycles. The van der Waals surface area contributed by atoms with E-state index in [4.69, 9.17) is 53.1 Å². The summed E-state index contributed by atoms with van der Waals surface area (Å²) < 4.78 is 58.9. The van der Waals surface area contributed by atoms with Gasteiger partial charge in [0.05, 0.1) is 124 Å². The molecule has 4 aromatic carbocycles. The number of amides is 1. The van der Waals surface area contributed by atoms with Crippen molar-refractivity contribution in [3.63, 3.8) is 0 Å². The minimum Gasteiger partial charge on any atom is -0.488 e. The third-order valence-electron chi connectivity index (χ3n) is 25.5. The lowest BCUT2D eigenvalue weighted by atomic mass is 9.93. The number of benzene rings is 4. The zero-order chi connectivity index (χ0) is 91.6. The number of carbonyl (C=O) groups excluding carboxylic acids is 1. The zero-order valence-corrected chi connectivity index (χ0v) is 77.0. The van der Waals surface area contributed by atoms with E-state index in [-0.39, 0.29) is 30.5 Å². The molecular weight excluding hydrogens is 1700 g/mol. The fourth-order valence-corrected chi connectivity index (χ4v) is 17.9. The average Bonchev–Trinajstić information content (AvgIpc) is 0.803. The van der Waals surface area contributed by atoms with E-state index in [0.29, 0.717) is 79.0 Å². The monoisotopic (exact) mass is 1830 g/mol. The van der Waals surface area contributed by atoms with Crippen LogP contribution in [0.15, 0.2) is 148 Å². The maximum absolute atomic E-state index is 11.2. The largest absolute Gasteiger partial charge is 0.488 e. The Kier molecular flexibility index (Phi) is 32.5. The molecule has 8 aromatic heterocycles. The van der Waals surface area contributed by atoms with Crippen LogP contribution in [0.4, 0.5) is 46.5 Å². The van der Waals surface area contributed by atoms with Gasteiger partial charge in [0.2, 0.25) is 23.8 Å². The molecule has 4 saturated carbocycles. The zero-order valence-electron chi connectivity index (χ0n) is 77.0. The second-order valence-electron chi connectivity index (χ2n) is 35.0. The predicted molar refractivity (Wildman–Crippen MR) is 514 cm³/mol. The molecule has 0 radical (unpaired) electrons. The highest BCUT2D eigenvalue weighted by atomic mass is 16.5. The summed E-state index contributed by atoms with van der Waals surface area (Å²) in [5, 5.41) is 13.8. The lowest BCUT2D eigenvalue weighted by Gasteiger charge is -2.31. The normalized spacial score (nSPS) is 21.0. The molecule has 20 rings (SSSR count). The Hall–Kier alpha value is -12.8. The number of anilines is 8. The first-order valence-corrected chi connectivity index (χ1v) is 47.7. The molecular formula is C98H123N25O11. The summed E-state index contributed by atoms with van der Waals surface area (Å²) in [7, 11) is 0. The number of aryl methyl sites for hydroxylation is 1. The summed E-state index contributed by atoms with van der Waals surface area (Å²) >= 11 is 0. The van der Waals surface area contributed by atoms with Crippen LogP contribution in [0.25, 0.3) is 44.1 Å². The Balaban J connectivity index is 0.000000124. The number of hydrogen-bond acceptors (Lipinski definition) is 35. The van der Waals surface area contributed by atoms with E-state index in [1.165, 1.54) is 12.4 Å². The van der Waals surface area contributed by atoms with Crippen molar-refractivity contribution in [1.29, 1.82) is 0 Å². The number of nitrogens with two attached hydrogens (primary N) is 1. The summed E-state index contributed by atoms with van der Waals surface area (Å²) in [6.07, 6.45) is 44.8. The number of fused-ring (bicyclic) bond motifs is 4. The van der Waals surface area contributed by atoms with Gasteiger partial charge in [-0.15, -0.1) is 0 Å². The van der Waals surface area contributed by atoms with Gasteiger partial charge in [-0.25, -0.2) is 59.8 Å². The Morgan fingerprint density at radius 3 is 0.910 bits per heavy atom. The number of nitrogens with one attached hydrogen (secondary N) is 4. The van der Waals surface area contributed by atoms with E-state index in [9.17, 15) is 4.79 Å². The SMILES string of the molecule is CC(C)c1cnc(NC2CCC(Oc3cc(N4CCOCC4)cc4nccnc34)CC2)nc1.CCOCCOc1cnc(NC2CCC(Oc3cc(N4CCOCC4)cc4nccnc34)CC2)nc1.CCc1cnc(NC2CCC(Oc3cc(N4CCOCC4)cc4nccnc34)CC2)nc1.NC(=O)c1cnc(NC2CCC(Oc3cc(N4CCOCC4)cc4nccnc34)CC2)nc1.